The maximum Gasteiger partial charge on any atom is 0.270 e. The lowest BCUT2D eigenvalue weighted by Gasteiger charge is -2.25. The lowest BCUT2D eigenvalue weighted by molar-refractivity contribution is -0.384. The molecule has 7 nitrogen and oxygen atoms in total. The highest BCUT2D eigenvalue weighted by Crippen LogP contribution is 2.29. The molecule has 29 heavy (non-hydrogen) atoms. The first kappa shape index (κ1) is 21.1. The number of fused-ring (bicyclic) bond motifs is 1. The van der Waals surface area contributed by atoms with Crippen LogP contribution < -0.4 is 4.74 Å². The third kappa shape index (κ3) is 5.05. The van der Waals surface area contributed by atoms with Crippen molar-refractivity contribution in [3.63, 3.8) is 0 Å². The summed E-state index contributed by atoms with van der Waals surface area (Å²) in [5, 5.41) is 16.5. The highest BCUT2D eigenvalue weighted by molar-refractivity contribution is 5.86. The van der Waals surface area contributed by atoms with Gasteiger partial charge in [-0.1, -0.05) is 36.8 Å². The summed E-state index contributed by atoms with van der Waals surface area (Å²) in [4.78, 5) is 13.2. The van der Waals surface area contributed by atoms with Gasteiger partial charge in [0, 0.05) is 18.7 Å². The maximum absolute atomic E-state index is 11.2. The van der Waals surface area contributed by atoms with E-state index in [2.05, 4.69) is 10.00 Å². The number of nitro benzene ring substituents is 1. The summed E-state index contributed by atoms with van der Waals surface area (Å²) < 4.78 is 7.83. The van der Waals surface area contributed by atoms with E-state index >= 15 is 0 Å². The molecular weight excluding hydrogens is 392 g/mol. The number of halogens is 1. The van der Waals surface area contributed by atoms with Crippen molar-refractivity contribution in [3.05, 3.63) is 64.2 Å². The number of non-ortho nitro benzene ring substituents is 1. The third-order valence-corrected chi connectivity index (χ3v) is 5.18. The summed E-state index contributed by atoms with van der Waals surface area (Å²) >= 11 is 0. The smallest absolute Gasteiger partial charge is 0.270 e. The zero-order valence-electron chi connectivity index (χ0n) is 16.2. The van der Waals surface area contributed by atoms with Gasteiger partial charge in [-0.15, -0.1) is 17.5 Å². The van der Waals surface area contributed by atoms with Gasteiger partial charge in [0.2, 0.25) is 5.88 Å². The van der Waals surface area contributed by atoms with Gasteiger partial charge < -0.3 is 4.74 Å². The van der Waals surface area contributed by atoms with Crippen LogP contribution in [-0.4, -0.2) is 45.8 Å². The van der Waals surface area contributed by atoms with Crippen molar-refractivity contribution in [3.8, 4) is 5.88 Å². The van der Waals surface area contributed by atoms with Crippen LogP contribution in [0.3, 0.4) is 0 Å². The molecule has 2 aromatic carbocycles. The molecule has 1 fully saturated rings. The molecule has 0 unspecified atom stereocenters. The van der Waals surface area contributed by atoms with Gasteiger partial charge in [0.15, 0.2) is 0 Å². The Bertz CT molecular complexity index is 955. The number of aromatic nitrogens is 2. The highest BCUT2D eigenvalue weighted by Gasteiger charge is 2.17. The molecular formula is C21H25ClN4O3. The fourth-order valence-corrected chi connectivity index (χ4v) is 3.69. The van der Waals surface area contributed by atoms with Crippen LogP contribution in [0, 0.1) is 10.1 Å². The first-order valence-electron chi connectivity index (χ1n) is 9.75. The van der Waals surface area contributed by atoms with Crippen molar-refractivity contribution in [1.29, 1.82) is 0 Å². The van der Waals surface area contributed by atoms with Crippen LogP contribution >= 0.6 is 12.4 Å². The molecule has 0 spiro atoms. The van der Waals surface area contributed by atoms with Crippen molar-refractivity contribution in [2.24, 2.45) is 0 Å². The molecule has 1 aliphatic rings. The number of nitro groups is 1. The molecule has 3 aromatic rings. The van der Waals surface area contributed by atoms with Crippen molar-refractivity contribution in [2.75, 3.05) is 26.2 Å². The van der Waals surface area contributed by atoms with E-state index in [0.717, 1.165) is 30.7 Å². The van der Waals surface area contributed by atoms with Gasteiger partial charge in [-0.3, -0.25) is 19.7 Å². The lowest BCUT2D eigenvalue weighted by Crippen LogP contribution is -2.33. The number of hydrogen-bond donors (Lipinski definition) is 0. The molecule has 0 amide bonds. The average Bonchev–Trinajstić information content (AvgIpc) is 3.06. The number of nitrogens with zero attached hydrogens (tertiary/aromatic N) is 4. The first-order valence-corrected chi connectivity index (χ1v) is 9.75. The summed E-state index contributed by atoms with van der Waals surface area (Å²) in [5.74, 6) is 0.464. The number of rotatable bonds is 7. The van der Waals surface area contributed by atoms with Crippen LogP contribution in [0.25, 0.3) is 10.9 Å². The normalized spacial score (nSPS) is 14.5. The summed E-state index contributed by atoms with van der Waals surface area (Å²) in [6.07, 6.45) is 3.78. The number of piperidine rings is 1. The van der Waals surface area contributed by atoms with Crippen LogP contribution in [0.5, 0.6) is 5.88 Å². The number of hydrogen-bond acceptors (Lipinski definition) is 5. The predicted octanol–water partition coefficient (Wildman–Crippen LogP) is 4.28. The van der Waals surface area contributed by atoms with Crippen LogP contribution in [0.2, 0.25) is 0 Å². The number of ether oxygens (including phenoxy) is 1. The van der Waals surface area contributed by atoms with Gasteiger partial charge in [0.25, 0.3) is 5.69 Å². The molecule has 8 heteroatoms. The minimum absolute atomic E-state index is 0. The van der Waals surface area contributed by atoms with Crippen molar-refractivity contribution in [2.45, 2.75) is 25.8 Å². The molecule has 154 valence electrons. The summed E-state index contributed by atoms with van der Waals surface area (Å²) in [6, 6.07) is 14.8. The predicted molar refractivity (Wildman–Crippen MR) is 115 cm³/mol. The largest absolute Gasteiger partial charge is 0.475 e. The molecule has 1 saturated heterocycles. The molecule has 0 radical (unpaired) electrons. The summed E-state index contributed by atoms with van der Waals surface area (Å²) in [6.45, 7) is 4.18. The molecule has 0 saturated carbocycles. The average molecular weight is 417 g/mol. The Hall–Kier alpha value is -2.64. The molecule has 0 atom stereocenters. The fraction of sp³-hybridized carbons (Fsp3) is 0.381. The van der Waals surface area contributed by atoms with Gasteiger partial charge in [0.05, 0.1) is 22.4 Å². The minimum atomic E-state index is -0.383. The Morgan fingerprint density at radius 3 is 2.55 bits per heavy atom. The van der Waals surface area contributed by atoms with Crippen molar-refractivity contribution >= 4 is 29.0 Å². The molecule has 1 aliphatic heterocycles. The summed E-state index contributed by atoms with van der Waals surface area (Å²) in [5.41, 5.74) is 2.00. The molecule has 0 N–H and O–H groups in total. The van der Waals surface area contributed by atoms with E-state index < -0.39 is 0 Å². The Morgan fingerprint density at radius 1 is 1.07 bits per heavy atom. The quantitative estimate of drug-likeness (QED) is 0.424. The molecule has 2 heterocycles. The van der Waals surface area contributed by atoms with Gasteiger partial charge in [-0.05, 0) is 37.6 Å². The molecule has 1 aromatic heterocycles. The Labute approximate surface area is 175 Å². The van der Waals surface area contributed by atoms with Gasteiger partial charge in [-0.2, -0.15) is 0 Å². The fourth-order valence-electron chi connectivity index (χ4n) is 3.69. The Kier molecular flexibility index (Phi) is 7.06. The van der Waals surface area contributed by atoms with E-state index in [1.807, 2.05) is 35.0 Å². The van der Waals surface area contributed by atoms with E-state index in [-0.39, 0.29) is 23.0 Å². The second-order valence-electron chi connectivity index (χ2n) is 7.16. The van der Waals surface area contributed by atoms with E-state index in [9.17, 15) is 10.1 Å². The van der Waals surface area contributed by atoms with Crippen molar-refractivity contribution < 1.29 is 9.66 Å². The number of benzene rings is 2. The van der Waals surface area contributed by atoms with E-state index in [0.29, 0.717) is 24.4 Å². The molecule has 0 bridgehead atoms. The van der Waals surface area contributed by atoms with Crippen LogP contribution in [0.4, 0.5) is 5.69 Å². The maximum atomic E-state index is 11.2. The van der Waals surface area contributed by atoms with Crippen LogP contribution in [0.1, 0.15) is 24.8 Å². The van der Waals surface area contributed by atoms with Gasteiger partial charge in [0.1, 0.15) is 6.61 Å². The lowest BCUT2D eigenvalue weighted by atomic mass is 10.1. The van der Waals surface area contributed by atoms with Crippen LogP contribution in [-0.2, 0) is 6.54 Å². The van der Waals surface area contributed by atoms with E-state index in [1.54, 1.807) is 12.1 Å². The zero-order valence-corrected chi connectivity index (χ0v) is 17.0. The second kappa shape index (κ2) is 9.71. The van der Waals surface area contributed by atoms with Crippen molar-refractivity contribution in [1.82, 2.24) is 14.7 Å². The SMILES string of the molecule is Cl.O=[N+]([O-])c1ccc2c(c1)c(OCCN1CCCCC1)nn2Cc1ccccc1. The molecule has 4 rings (SSSR count). The van der Waals surface area contributed by atoms with Crippen LogP contribution in [0.15, 0.2) is 48.5 Å². The van der Waals surface area contributed by atoms with E-state index in [4.69, 9.17) is 4.74 Å². The highest BCUT2D eigenvalue weighted by atomic mass is 35.5. The first-order chi connectivity index (χ1) is 13.7. The zero-order chi connectivity index (χ0) is 19.3. The number of likely N-dealkylation sites (tertiary alicyclic amines) is 1. The standard InChI is InChI=1S/C21H24N4O3.ClH/c26-25(27)18-9-10-20-19(15-18)21(28-14-13-23-11-5-2-6-12-23)22-24(20)16-17-7-3-1-4-8-17;/h1,3-4,7-10,15H,2,5-6,11-14,16H2;1H. The Balaban J connectivity index is 0.00000240. The van der Waals surface area contributed by atoms with E-state index in [1.165, 1.54) is 25.3 Å². The second-order valence-corrected chi connectivity index (χ2v) is 7.16. The summed E-state index contributed by atoms with van der Waals surface area (Å²) in [7, 11) is 0. The third-order valence-electron chi connectivity index (χ3n) is 5.18. The monoisotopic (exact) mass is 416 g/mol. The topological polar surface area (TPSA) is 73.4 Å². The van der Waals surface area contributed by atoms with Gasteiger partial charge in [-0.25, -0.2) is 0 Å². The van der Waals surface area contributed by atoms with Gasteiger partial charge >= 0.3 is 0 Å². The Morgan fingerprint density at radius 2 is 1.83 bits per heavy atom. The molecule has 0 aliphatic carbocycles. The minimum Gasteiger partial charge on any atom is -0.475 e.